The number of hydrogen-bond acceptors (Lipinski definition) is 5. The fraction of sp³-hybridized carbons (Fsp3) is 0.750. The highest BCUT2D eigenvalue weighted by Crippen LogP contribution is 2.27. The van der Waals surface area contributed by atoms with Crippen molar-refractivity contribution in [3.8, 4) is 0 Å². The van der Waals surface area contributed by atoms with Crippen LogP contribution in [-0.2, 0) is 10.5 Å². The summed E-state index contributed by atoms with van der Waals surface area (Å²) in [6, 6.07) is 0. The predicted molar refractivity (Wildman–Crippen MR) is 87.8 cm³/mol. The van der Waals surface area contributed by atoms with Gasteiger partial charge in [0.1, 0.15) is 5.76 Å². The Morgan fingerprint density at radius 3 is 2.59 bits per heavy atom. The number of carbonyl (C=O) groups excluding carboxylic acids is 1. The van der Waals surface area contributed by atoms with Crippen LogP contribution in [-0.4, -0.2) is 47.9 Å². The monoisotopic (exact) mass is 323 g/mol. The Morgan fingerprint density at radius 1 is 1.32 bits per heavy atom. The SMILES string of the molecule is Cc1noc(C)c1CSCC(=O)N1CC[C@@H]2CNC[C@@H]2CC1. The van der Waals surface area contributed by atoms with Crippen molar-refractivity contribution in [3.63, 3.8) is 0 Å². The number of fused-ring (bicyclic) bond motifs is 1. The molecule has 0 spiro atoms. The van der Waals surface area contributed by atoms with E-state index in [1.165, 1.54) is 0 Å². The summed E-state index contributed by atoms with van der Waals surface area (Å²) < 4.78 is 5.16. The van der Waals surface area contributed by atoms with Crippen LogP contribution in [0.2, 0.25) is 0 Å². The minimum absolute atomic E-state index is 0.282. The lowest BCUT2D eigenvalue weighted by Gasteiger charge is -2.20. The summed E-state index contributed by atoms with van der Waals surface area (Å²) in [4.78, 5) is 14.5. The van der Waals surface area contributed by atoms with E-state index in [-0.39, 0.29) is 5.91 Å². The third-order valence-electron chi connectivity index (χ3n) is 5.03. The van der Waals surface area contributed by atoms with Crippen molar-refractivity contribution in [1.82, 2.24) is 15.4 Å². The van der Waals surface area contributed by atoms with Gasteiger partial charge in [-0.25, -0.2) is 0 Å². The van der Waals surface area contributed by atoms with Crippen molar-refractivity contribution < 1.29 is 9.32 Å². The predicted octanol–water partition coefficient (Wildman–Crippen LogP) is 1.98. The maximum Gasteiger partial charge on any atom is 0.232 e. The molecule has 122 valence electrons. The molecule has 2 fully saturated rings. The maximum absolute atomic E-state index is 12.4. The number of nitrogens with one attached hydrogen (secondary N) is 1. The molecular weight excluding hydrogens is 298 g/mol. The number of likely N-dealkylation sites (tertiary alicyclic amines) is 1. The van der Waals surface area contributed by atoms with Gasteiger partial charge in [0.05, 0.1) is 11.4 Å². The van der Waals surface area contributed by atoms with Crippen molar-refractivity contribution in [2.24, 2.45) is 11.8 Å². The molecule has 2 aliphatic rings. The molecule has 2 atom stereocenters. The maximum atomic E-state index is 12.4. The first-order chi connectivity index (χ1) is 10.6. The normalized spacial score (nSPS) is 25.1. The zero-order valence-electron chi connectivity index (χ0n) is 13.4. The molecule has 0 saturated carbocycles. The number of aromatic nitrogens is 1. The third kappa shape index (κ3) is 3.49. The first kappa shape index (κ1) is 15.9. The number of rotatable bonds is 4. The van der Waals surface area contributed by atoms with Crippen LogP contribution >= 0.6 is 11.8 Å². The van der Waals surface area contributed by atoms with E-state index in [1.54, 1.807) is 11.8 Å². The van der Waals surface area contributed by atoms with Crippen LogP contribution in [0.5, 0.6) is 0 Å². The molecule has 6 heteroatoms. The first-order valence-electron chi connectivity index (χ1n) is 8.13. The highest BCUT2D eigenvalue weighted by atomic mass is 32.2. The van der Waals surface area contributed by atoms with E-state index in [1.807, 2.05) is 13.8 Å². The summed E-state index contributed by atoms with van der Waals surface area (Å²) in [5.41, 5.74) is 2.07. The van der Waals surface area contributed by atoms with Crippen molar-refractivity contribution in [3.05, 3.63) is 17.0 Å². The Morgan fingerprint density at radius 2 is 2.00 bits per heavy atom. The highest BCUT2D eigenvalue weighted by Gasteiger charge is 2.31. The summed E-state index contributed by atoms with van der Waals surface area (Å²) in [5, 5.41) is 7.43. The van der Waals surface area contributed by atoms with Crippen molar-refractivity contribution in [2.75, 3.05) is 31.9 Å². The van der Waals surface area contributed by atoms with E-state index in [0.29, 0.717) is 5.75 Å². The minimum atomic E-state index is 0.282. The molecule has 0 unspecified atom stereocenters. The van der Waals surface area contributed by atoms with Crippen molar-refractivity contribution in [2.45, 2.75) is 32.4 Å². The molecule has 3 heterocycles. The number of thioether (sulfide) groups is 1. The van der Waals surface area contributed by atoms with E-state index >= 15 is 0 Å². The van der Waals surface area contributed by atoms with Gasteiger partial charge in [-0.05, 0) is 51.6 Å². The van der Waals surface area contributed by atoms with Gasteiger partial charge in [-0.3, -0.25) is 4.79 Å². The topological polar surface area (TPSA) is 58.4 Å². The quantitative estimate of drug-likeness (QED) is 0.918. The third-order valence-corrected chi connectivity index (χ3v) is 5.97. The molecule has 22 heavy (non-hydrogen) atoms. The van der Waals surface area contributed by atoms with E-state index in [4.69, 9.17) is 4.52 Å². The average Bonchev–Trinajstić information content (AvgIpc) is 3.02. The summed E-state index contributed by atoms with van der Waals surface area (Å²) in [7, 11) is 0. The highest BCUT2D eigenvalue weighted by molar-refractivity contribution is 7.99. The Bertz CT molecular complexity index is 498. The Kier molecular flexibility index (Phi) is 5.08. The molecule has 2 aliphatic heterocycles. The van der Waals surface area contributed by atoms with Gasteiger partial charge in [0.2, 0.25) is 5.91 Å². The molecule has 5 nitrogen and oxygen atoms in total. The van der Waals surface area contributed by atoms with E-state index in [2.05, 4.69) is 15.4 Å². The second-order valence-electron chi connectivity index (χ2n) is 6.43. The van der Waals surface area contributed by atoms with Crippen LogP contribution in [0, 0.1) is 25.7 Å². The van der Waals surface area contributed by atoms with E-state index in [9.17, 15) is 4.79 Å². The number of hydrogen-bond donors (Lipinski definition) is 1. The fourth-order valence-corrected chi connectivity index (χ4v) is 4.58. The van der Waals surface area contributed by atoms with Gasteiger partial charge in [-0.1, -0.05) is 5.16 Å². The average molecular weight is 323 g/mol. The molecule has 1 N–H and O–H groups in total. The van der Waals surface area contributed by atoms with Crippen molar-refractivity contribution in [1.29, 1.82) is 0 Å². The molecule has 3 rings (SSSR count). The largest absolute Gasteiger partial charge is 0.361 e. The Hall–Kier alpha value is -1.01. The summed E-state index contributed by atoms with van der Waals surface area (Å²) in [6.07, 6.45) is 2.30. The summed E-state index contributed by atoms with van der Waals surface area (Å²) >= 11 is 1.67. The van der Waals surface area contributed by atoms with Gasteiger partial charge in [0, 0.05) is 24.4 Å². The lowest BCUT2D eigenvalue weighted by molar-refractivity contribution is -0.128. The summed E-state index contributed by atoms with van der Waals surface area (Å²) in [5.74, 6) is 4.05. The smallest absolute Gasteiger partial charge is 0.232 e. The number of nitrogens with zero attached hydrogens (tertiary/aromatic N) is 2. The van der Waals surface area contributed by atoms with Crippen LogP contribution in [0.25, 0.3) is 0 Å². The number of aryl methyl sites for hydroxylation is 2. The van der Waals surface area contributed by atoms with Crippen molar-refractivity contribution >= 4 is 17.7 Å². The summed E-state index contributed by atoms with van der Waals surface area (Å²) in [6.45, 7) is 8.00. The van der Waals surface area contributed by atoms with Gasteiger partial charge in [0.25, 0.3) is 0 Å². The minimum Gasteiger partial charge on any atom is -0.361 e. The van der Waals surface area contributed by atoms with Gasteiger partial charge in [-0.15, -0.1) is 11.8 Å². The standard InChI is InChI=1S/C16H25N3O2S/c1-11-15(12(2)21-18-11)9-22-10-16(20)19-5-3-13-7-17-8-14(13)4-6-19/h13-14,17H,3-10H2,1-2H3/t13-,14+. The van der Waals surface area contributed by atoms with Crippen LogP contribution in [0.1, 0.15) is 29.9 Å². The zero-order chi connectivity index (χ0) is 15.5. The van der Waals surface area contributed by atoms with Gasteiger partial charge in [0.15, 0.2) is 0 Å². The molecule has 0 aromatic carbocycles. The number of amides is 1. The number of carbonyl (C=O) groups is 1. The molecular formula is C16H25N3O2S. The molecule has 1 aromatic rings. The first-order valence-corrected chi connectivity index (χ1v) is 9.28. The van der Waals surface area contributed by atoms with Gasteiger partial charge < -0.3 is 14.7 Å². The van der Waals surface area contributed by atoms with Crippen LogP contribution in [0.4, 0.5) is 0 Å². The van der Waals surface area contributed by atoms with Gasteiger partial charge >= 0.3 is 0 Å². The van der Waals surface area contributed by atoms with Crippen LogP contribution < -0.4 is 5.32 Å². The molecule has 0 bridgehead atoms. The fourth-order valence-electron chi connectivity index (χ4n) is 3.51. The molecule has 1 amide bonds. The Labute approximate surface area is 136 Å². The van der Waals surface area contributed by atoms with E-state index < -0.39 is 0 Å². The lowest BCUT2D eigenvalue weighted by Crippen LogP contribution is -2.34. The zero-order valence-corrected chi connectivity index (χ0v) is 14.2. The van der Waals surface area contributed by atoms with Crippen LogP contribution in [0.15, 0.2) is 4.52 Å². The van der Waals surface area contributed by atoms with Crippen LogP contribution in [0.3, 0.4) is 0 Å². The van der Waals surface area contributed by atoms with Gasteiger partial charge in [-0.2, -0.15) is 0 Å². The lowest BCUT2D eigenvalue weighted by atomic mass is 9.92. The van der Waals surface area contributed by atoms with E-state index in [0.717, 1.165) is 73.6 Å². The second kappa shape index (κ2) is 7.04. The second-order valence-corrected chi connectivity index (χ2v) is 7.42. The molecule has 0 radical (unpaired) electrons. The molecule has 1 aromatic heterocycles. The molecule has 0 aliphatic carbocycles. The Balaban J connectivity index is 1.46. The molecule has 2 saturated heterocycles.